The third-order valence-corrected chi connectivity index (χ3v) is 3.49. The number of hydrogen-bond acceptors (Lipinski definition) is 5. The highest BCUT2D eigenvalue weighted by Crippen LogP contribution is 2.42. The third-order valence-electron chi connectivity index (χ3n) is 3.49. The molecule has 9 heteroatoms. The fraction of sp³-hybridized carbons (Fsp3) is 0.583. The van der Waals surface area contributed by atoms with E-state index in [2.05, 4.69) is 15.1 Å². The minimum Gasteiger partial charge on any atom is -0.374 e. The van der Waals surface area contributed by atoms with E-state index in [1.165, 1.54) is 19.4 Å². The predicted octanol–water partition coefficient (Wildman–Crippen LogP) is 1.67. The quantitative estimate of drug-likeness (QED) is 0.929. The van der Waals surface area contributed by atoms with E-state index in [-0.39, 0.29) is 11.8 Å². The van der Waals surface area contributed by atoms with Crippen molar-refractivity contribution in [2.75, 3.05) is 0 Å². The third kappa shape index (κ3) is 2.41. The van der Waals surface area contributed by atoms with Crippen LogP contribution in [0.3, 0.4) is 0 Å². The first-order chi connectivity index (χ1) is 9.81. The summed E-state index contributed by atoms with van der Waals surface area (Å²) in [6.45, 7) is 0. The van der Waals surface area contributed by atoms with E-state index >= 15 is 0 Å². The molecule has 6 nitrogen and oxygen atoms in total. The summed E-state index contributed by atoms with van der Waals surface area (Å²) in [5, 5.41) is 13.8. The number of halogens is 3. The van der Waals surface area contributed by atoms with Gasteiger partial charge in [0.05, 0.1) is 6.42 Å². The van der Waals surface area contributed by atoms with E-state index in [0.29, 0.717) is 5.82 Å². The summed E-state index contributed by atoms with van der Waals surface area (Å²) in [5.74, 6) is -0.204. The molecule has 1 atom stereocenters. The molecule has 1 saturated carbocycles. The van der Waals surface area contributed by atoms with Crippen LogP contribution < -0.4 is 0 Å². The summed E-state index contributed by atoms with van der Waals surface area (Å²) in [6, 6.07) is 0. The highest BCUT2D eigenvalue weighted by Gasteiger charge is 2.58. The van der Waals surface area contributed by atoms with Crippen molar-refractivity contribution in [1.82, 2.24) is 19.7 Å². The number of rotatable bonds is 4. The fourth-order valence-electron chi connectivity index (χ4n) is 2.14. The normalized spacial score (nSPS) is 18.7. The SMILES string of the molecule is Cn1ccnc1C(O)(Cc1nc(C2CC2)no1)C(F)(F)F. The molecule has 1 N–H and O–H groups in total. The van der Waals surface area contributed by atoms with Crippen molar-refractivity contribution in [3.05, 3.63) is 29.9 Å². The molecular weight excluding hydrogens is 289 g/mol. The van der Waals surface area contributed by atoms with Gasteiger partial charge in [-0.25, -0.2) is 4.98 Å². The average Bonchev–Trinajstić information content (AvgIpc) is 2.98. The van der Waals surface area contributed by atoms with Crippen molar-refractivity contribution in [2.45, 2.75) is 37.0 Å². The van der Waals surface area contributed by atoms with Gasteiger partial charge in [0.1, 0.15) is 0 Å². The lowest BCUT2D eigenvalue weighted by Gasteiger charge is -2.28. The average molecular weight is 302 g/mol. The van der Waals surface area contributed by atoms with Gasteiger partial charge in [0, 0.05) is 25.4 Å². The number of aliphatic hydroxyl groups is 1. The number of hydrogen-bond donors (Lipinski definition) is 1. The van der Waals surface area contributed by atoms with Crippen LogP contribution in [0.2, 0.25) is 0 Å². The molecule has 2 aromatic rings. The van der Waals surface area contributed by atoms with E-state index < -0.39 is 24.0 Å². The van der Waals surface area contributed by atoms with E-state index in [1.54, 1.807) is 0 Å². The first-order valence-electron chi connectivity index (χ1n) is 6.40. The van der Waals surface area contributed by atoms with Gasteiger partial charge in [0.2, 0.25) is 11.5 Å². The number of nitrogens with zero attached hydrogens (tertiary/aromatic N) is 4. The lowest BCUT2D eigenvalue weighted by Crippen LogP contribution is -2.46. The number of aromatic nitrogens is 4. The molecule has 1 unspecified atom stereocenters. The maximum absolute atomic E-state index is 13.3. The van der Waals surface area contributed by atoms with E-state index in [0.717, 1.165) is 17.4 Å². The zero-order valence-corrected chi connectivity index (χ0v) is 11.1. The van der Waals surface area contributed by atoms with E-state index in [9.17, 15) is 18.3 Å². The summed E-state index contributed by atoms with van der Waals surface area (Å²) in [5.41, 5.74) is -3.17. The van der Waals surface area contributed by atoms with Crippen molar-refractivity contribution in [3.8, 4) is 0 Å². The topological polar surface area (TPSA) is 77.0 Å². The monoisotopic (exact) mass is 302 g/mol. The van der Waals surface area contributed by atoms with Crippen LogP contribution in [0.25, 0.3) is 0 Å². The Morgan fingerprint density at radius 2 is 2.14 bits per heavy atom. The Balaban J connectivity index is 1.94. The fourth-order valence-corrected chi connectivity index (χ4v) is 2.14. The smallest absolute Gasteiger partial charge is 0.374 e. The molecule has 3 rings (SSSR count). The Morgan fingerprint density at radius 3 is 2.67 bits per heavy atom. The molecule has 0 saturated heterocycles. The summed E-state index contributed by atoms with van der Waals surface area (Å²) in [6.07, 6.45) is -1.45. The Kier molecular flexibility index (Phi) is 3.05. The molecule has 0 spiro atoms. The van der Waals surface area contributed by atoms with Gasteiger partial charge in [-0.05, 0) is 12.8 Å². The highest BCUT2D eigenvalue weighted by molar-refractivity contribution is 5.12. The molecule has 2 aromatic heterocycles. The summed E-state index contributed by atoms with van der Waals surface area (Å²) in [4.78, 5) is 7.54. The molecular formula is C12H13F3N4O2. The molecule has 1 aliphatic rings. The second-order valence-corrected chi connectivity index (χ2v) is 5.22. The first kappa shape index (κ1) is 14.1. The van der Waals surface area contributed by atoms with Gasteiger partial charge in [-0.15, -0.1) is 0 Å². The maximum Gasteiger partial charge on any atom is 0.425 e. The van der Waals surface area contributed by atoms with Gasteiger partial charge >= 0.3 is 6.18 Å². The Morgan fingerprint density at radius 1 is 1.43 bits per heavy atom. The molecule has 114 valence electrons. The molecule has 2 heterocycles. The first-order valence-corrected chi connectivity index (χ1v) is 6.40. The Labute approximate surface area is 117 Å². The van der Waals surface area contributed by atoms with Gasteiger partial charge in [0.15, 0.2) is 11.6 Å². The van der Waals surface area contributed by atoms with Crippen LogP contribution in [0.4, 0.5) is 13.2 Å². The van der Waals surface area contributed by atoms with Gasteiger partial charge in [-0.2, -0.15) is 18.2 Å². The van der Waals surface area contributed by atoms with Crippen LogP contribution in [-0.4, -0.2) is 31.0 Å². The van der Waals surface area contributed by atoms with Gasteiger partial charge in [-0.1, -0.05) is 5.16 Å². The van der Waals surface area contributed by atoms with Crippen molar-refractivity contribution >= 4 is 0 Å². The van der Waals surface area contributed by atoms with Crippen molar-refractivity contribution in [2.24, 2.45) is 7.05 Å². The summed E-state index contributed by atoms with van der Waals surface area (Å²) < 4.78 is 45.9. The van der Waals surface area contributed by atoms with Crippen LogP contribution in [0, 0.1) is 0 Å². The molecule has 0 bridgehead atoms. The standard InChI is InChI=1S/C12H13F3N4O2/c1-19-5-4-16-10(19)11(20,12(13,14)15)6-8-17-9(18-21-8)7-2-3-7/h4-5,7,20H,2-3,6H2,1H3. The number of alkyl halides is 3. The van der Waals surface area contributed by atoms with E-state index in [1.807, 2.05) is 0 Å². The lowest BCUT2D eigenvalue weighted by molar-refractivity contribution is -0.271. The number of aryl methyl sites for hydroxylation is 1. The molecule has 0 aromatic carbocycles. The van der Waals surface area contributed by atoms with Gasteiger partial charge < -0.3 is 14.2 Å². The second-order valence-electron chi connectivity index (χ2n) is 5.22. The van der Waals surface area contributed by atoms with Crippen LogP contribution in [0.15, 0.2) is 16.9 Å². The van der Waals surface area contributed by atoms with Crippen LogP contribution >= 0.6 is 0 Å². The zero-order chi connectivity index (χ0) is 15.3. The van der Waals surface area contributed by atoms with Crippen molar-refractivity contribution in [3.63, 3.8) is 0 Å². The molecule has 0 amide bonds. The molecule has 1 fully saturated rings. The predicted molar refractivity (Wildman–Crippen MR) is 63.1 cm³/mol. The minimum absolute atomic E-state index is 0.162. The van der Waals surface area contributed by atoms with Crippen LogP contribution in [-0.2, 0) is 19.1 Å². The molecule has 0 radical (unpaired) electrons. The zero-order valence-electron chi connectivity index (χ0n) is 11.1. The highest BCUT2D eigenvalue weighted by atomic mass is 19.4. The van der Waals surface area contributed by atoms with Gasteiger partial charge in [-0.3, -0.25) is 0 Å². The van der Waals surface area contributed by atoms with Crippen molar-refractivity contribution < 1.29 is 22.8 Å². The summed E-state index contributed by atoms with van der Waals surface area (Å²) in [7, 11) is 1.38. The van der Waals surface area contributed by atoms with E-state index in [4.69, 9.17) is 4.52 Å². The molecule has 0 aliphatic heterocycles. The van der Waals surface area contributed by atoms with Crippen LogP contribution in [0.1, 0.15) is 36.3 Å². The second kappa shape index (κ2) is 4.55. The number of imidazole rings is 1. The maximum atomic E-state index is 13.3. The Hall–Kier alpha value is -1.90. The Bertz CT molecular complexity index is 647. The van der Waals surface area contributed by atoms with Crippen molar-refractivity contribution in [1.29, 1.82) is 0 Å². The molecule has 21 heavy (non-hydrogen) atoms. The van der Waals surface area contributed by atoms with Gasteiger partial charge in [0.25, 0.3) is 0 Å². The van der Waals surface area contributed by atoms with Crippen LogP contribution in [0.5, 0.6) is 0 Å². The lowest BCUT2D eigenvalue weighted by atomic mass is 9.97. The summed E-state index contributed by atoms with van der Waals surface area (Å²) >= 11 is 0. The largest absolute Gasteiger partial charge is 0.425 e. The molecule has 1 aliphatic carbocycles. The minimum atomic E-state index is -4.92.